The van der Waals surface area contributed by atoms with E-state index in [1.54, 1.807) is 24.3 Å². The standard InChI is InChI=1S/C21H23ClN4O2/c1-2-26-19-8-7-15(23-21(27)16-5-3-4-6-17(16)22)13-18(19)24-20(26)14-25-9-11-28-12-10-25/h3-8,13H,2,9-12,14H2,1H3,(H,23,27). The summed E-state index contributed by atoms with van der Waals surface area (Å²) < 4.78 is 7.66. The number of morpholine rings is 1. The fourth-order valence-electron chi connectivity index (χ4n) is 3.53. The van der Waals surface area contributed by atoms with Gasteiger partial charge in [-0.25, -0.2) is 4.98 Å². The Labute approximate surface area is 169 Å². The smallest absolute Gasteiger partial charge is 0.257 e. The van der Waals surface area contributed by atoms with E-state index in [0.29, 0.717) is 16.3 Å². The Morgan fingerprint density at radius 2 is 2.00 bits per heavy atom. The van der Waals surface area contributed by atoms with Gasteiger partial charge in [-0.2, -0.15) is 0 Å². The largest absolute Gasteiger partial charge is 0.379 e. The van der Waals surface area contributed by atoms with Gasteiger partial charge in [0, 0.05) is 25.3 Å². The van der Waals surface area contributed by atoms with Crippen LogP contribution in [-0.4, -0.2) is 46.7 Å². The number of aromatic nitrogens is 2. The molecule has 0 spiro atoms. The van der Waals surface area contributed by atoms with Gasteiger partial charge in [0.2, 0.25) is 0 Å². The highest BCUT2D eigenvalue weighted by Gasteiger charge is 2.17. The number of carbonyl (C=O) groups is 1. The van der Waals surface area contributed by atoms with E-state index in [-0.39, 0.29) is 5.91 Å². The van der Waals surface area contributed by atoms with Crippen molar-refractivity contribution in [2.45, 2.75) is 20.0 Å². The number of halogens is 1. The summed E-state index contributed by atoms with van der Waals surface area (Å²) in [6, 6.07) is 12.9. The van der Waals surface area contributed by atoms with Crippen molar-refractivity contribution >= 4 is 34.2 Å². The van der Waals surface area contributed by atoms with Crippen LogP contribution < -0.4 is 5.32 Å². The Bertz CT molecular complexity index is 995. The molecule has 1 N–H and O–H groups in total. The minimum absolute atomic E-state index is 0.228. The van der Waals surface area contributed by atoms with Gasteiger partial charge in [0.1, 0.15) is 5.82 Å². The molecule has 0 unspecified atom stereocenters. The van der Waals surface area contributed by atoms with Gasteiger partial charge in [-0.15, -0.1) is 0 Å². The highest BCUT2D eigenvalue weighted by molar-refractivity contribution is 6.34. The predicted molar refractivity (Wildman–Crippen MR) is 111 cm³/mol. The molecule has 2 aromatic carbocycles. The molecular formula is C21H23ClN4O2. The molecule has 1 saturated heterocycles. The lowest BCUT2D eigenvalue weighted by Crippen LogP contribution is -2.36. The van der Waals surface area contributed by atoms with E-state index in [9.17, 15) is 4.79 Å². The lowest BCUT2D eigenvalue weighted by molar-refractivity contribution is 0.0327. The van der Waals surface area contributed by atoms with Crippen LogP contribution in [0.3, 0.4) is 0 Å². The lowest BCUT2D eigenvalue weighted by Gasteiger charge is -2.26. The monoisotopic (exact) mass is 398 g/mol. The number of hydrogen-bond donors (Lipinski definition) is 1. The van der Waals surface area contributed by atoms with Crippen molar-refractivity contribution in [1.82, 2.24) is 14.5 Å². The van der Waals surface area contributed by atoms with Crippen LogP contribution in [-0.2, 0) is 17.8 Å². The molecule has 0 saturated carbocycles. The molecule has 0 atom stereocenters. The molecule has 7 heteroatoms. The van der Waals surface area contributed by atoms with Gasteiger partial charge in [0.25, 0.3) is 5.91 Å². The number of aryl methyl sites for hydroxylation is 1. The first-order valence-corrected chi connectivity index (χ1v) is 9.88. The van der Waals surface area contributed by atoms with E-state index in [1.165, 1.54) is 0 Å². The number of carbonyl (C=O) groups excluding carboxylic acids is 1. The summed E-state index contributed by atoms with van der Waals surface area (Å²) in [5.74, 6) is 0.808. The predicted octanol–water partition coefficient (Wildman–Crippen LogP) is 3.79. The third-order valence-electron chi connectivity index (χ3n) is 4.99. The molecule has 2 heterocycles. The summed E-state index contributed by atoms with van der Waals surface area (Å²) in [7, 11) is 0. The first kappa shape index (κ1) is 18.9. The Morgan fingerprint density at radius 3 is 2.75 bits per heavy atom. The molecule has 1 aliphatic rings. The van der Waals surface area contributed by atoms with Gasteiger partial charge in [-0.3, -0.25) is 9.69 Å². The highest BCUT2D eigenvalue weighted by Crippen LogP contribution is 2.23. The van der Waals surface area contributed by atoms with Crippen molar-refractivity contribution in [3.63, 3.8) is 0 Å². The number of hydrogen-bond acceptors (Lipinski definition) is 4. The summed E-state index contributed by atoms with van der Waals surface area (Å²) in [4.78, 5) is 19.7. The summed E-state index contributed by atoms with van der Waals surface area (Å²) in [5, 5.41) is 3.35. The maximum atomic E-state index is 12.5. The second kappa shape index (κ2) is 8.31. The number of amides is 1. The fraction of sp³-hybridized carbons (Fsp3) is 0.333. The molecule has 0 radical (unpaired) electrons. The molecule has 146 valence electrons. The van der Waals surface area contributed by atoms with Crippen molar-refractivity contribution in [2.75, 3.05) is 31.6 Å². The number of nitrogens with one attached hydrogen (secondary N) is 1. The topological polar surface area (TPSA) is 59.4 Å². The van der Waals surface area contributed by atoms with Gasteiger partial charge in [0.05, 0.1) is 41.4 Å². The van der Waals surface area contributed by atoms with E-state index < -0.39 is 0 Å². The maximum absolute atomic E-state index is 12.5. The van der Waals surface area contributed by atoms with E-state index in [2.05, 4.69) is 21.7 Å². The molecule has 1 aliphatic heterocycles. The summed E-state index contributed by atoms with van der Waals surface area (Å²) in [6.07, 6.45) is 0. The number of nitrogens with zero attached hydrogens (tertiary/aromatic N) is 3. The van der Waals surface area contributed by atoms with Crippen molar-refractivity contribution in [1.29, 1.82) is 0 Å². The lowest BCUT2D eigenvalue weighted by atomic mass is 10.2. The Hall–Kier alpha value is -2.41. The second-order valence-corrected chi connectivity index (χ2v) is 7.21. The minimum Gasteiger partial charge on any atom is -0.379 e. The van der Waals surface area contributed by atoms with E-state index in [0.717, 1.165) is 56.3 Å². The van der Waals surface area contributed by atoms with Gasteiger partial charge < -0.3 is 14.6 Å². The third-order valence-corrected chi connectivity index (χ3v) is 5.32. The molecular weight excluding hydrogens is 376 g/mol. The Balaban J connectivity index is 1.58. The first-order valence-electron chi connectivity index (χ1n) is 9.51. The van der Waals surface area contributed by atoms with Crippen LogP contribution in [0.1, 0.15) is 23.1 Å². The van der Waals surface area contributed by atoms with Crippen LogP contribution in [0, 0.1) is 0 Å². The van der Waals surface area contributed by atoms with Crippen LogP contribution >= 0.6 is 11.6 Å². The van der Waals surface area contributed by atoms with Crippen molar-refractivity contribution < 1.29 is 9.53 Å². The summed E-state index contributed by atoms with van der Waals surface area (Å²) in [5.41, 5.74) is 3.11. The van der Waals surface area contributed by atoms with Crippen molar-refractivity contribution in [2.24, 2.45) is 0 Å². The van der Waals surface area contributed by atoms with Gasteiger partial charge >= 0.3 is 0 Å². The van der Waals surface area contributed by atoms with Gasteiger partial charge in [-0.05, 0) is 37.3 Å². The maximum Gasteiger partial charge on any atom is 0.257 e. The quantitative estimate of drug-likeness (QED) is 0.710. The molecule has 3 aromatic rings. The number of imidazole rings is 1. The first-order chi connectivity index (χ1) is 13.7. The van der Waals surface area contributed by atoms with Gasteiger partial charge in [0.15, 0.2) is 0 Å². The Kier molecular flexibility index (Phi) is 5.62. The number of rotatable bonds is 5. The molecule has 4 rings (SSSR count). The number of benzene rings is 2. The van der Waals surface area contributed by atoms with Crippen LogP contribution in [0.5, 0.6) is 0 Å². The van der Waals surface area contributed by atoms with E-state index in [4.69, 9.17) is 21.3 Å². The van der Waals surface area contributed by atoms with Crippen LogP contribution in [0.25, 0.3) is 11.0 Å². The van der Waals surface area contributed by atoms with Crippen LogP contribution in [0.4, 0.5) is 5.69 Å². The zero-order chi connectivity index (χ0) is 19.5. The SMILES string of the molecule is CCn1c(CN2CCOCC2)nc2cc(NC(=O)c3ccccc3Cl)ccc21. The van der Waals surface area contributed by atoms with E-state index >= 15 is 0 Å². The zero-order valence-electron chi connectivity index (χ0n) is 15.8. The zero-order valence-corrected chi connectivity index (χ0v) is 16.6. The molecule has 0 bridgehead atoms. The van der Waals surface area contributed by atoms with Crippen molar-refractivity contribution in [3.05, 3.63) is 58.9 Å². The molecule has 1 fully saturated rings. The third kappa shape index (κ3) is 3.90. The number of fused-ring (bicyclic) bond motifs is 1. The van der Waals surface area contributed by atoms with Crippen molar-refractivity contribution in [3.8, 4) is 0 Å². The number of ether oxygens (including phenoxy) is 1. The van der Waals surface area contributed by atoms with Crippen LogP contribution in [0.2, 0.25) is 5.02 Å². The molecule has 6 nitrogen and oxygen atoms in total. The molecule has 1 amide bonds. The molecule has 28 heavy (non-hydrogen) atoms. The molecule has 1 aromatic heterocycles. The van der Waals surface area contributed by atoms with Crippen LogP contribution in [0.15, 0.2) is 42.5 Å². The summed E-state index contributed by atoms with van der Waals surface area (Å²) >= 11 is 6.13. The minimum atomic E-state index is -0.228. The number of anilines is 1. The Morgan fingerprint density at radius 1 is 1.21 bits per heavy atom. The molecule has 0 aliphatic carbocycles. The second-order valence-electron chi connectivity index (χ2n) is 6.80. The normalized spacial score (nSPS) is 15.1. The average Bonchev–Trinajstić information content (AvgIpc) is 3.05. The summed E-state index contributed by atoms with van der Waals surface area (Å²) in [6.45, 7) is 7.15. The highest BCUT2D eigenvalue weighted by atomic mass is 35.5. The van der Waals surface area contributed by atoms with E-state index in [1.807, 2.05) is 18.2 Å². The van der Waals surface area contributed by atoms with Gasteiger partial charge in [-0.1, -0.05) is 23.7 Å². The average molecular weight is 399 g/mol. The fourth-order valence-corrected chi connectivity index (χ4v) is 3.76.